The highest BCUT2D eigenvalue weighted by molar-refractivity contribution is 5.85. The Morgan fingerprint density at radius 2 is 1.89 bits per heavy atom. The van der Waals surface area contributed by atoms with Crippen molar-refractivity contribution in [2.45, 2.75) is 45.8 Å². The molecule has 28 heavy (non-hydrogen) atoms. The summed E-state index contributed by atoms with van der Waals surface area (Å²) in [6.45, 7) is 6.31. The van der Waals surface area contributed by atoms with Crippen LogP contribution in [-0.2, 0) is 17.8 Å². The van der Waals surface area contributed by atoms with Crippen molar-refractivity contribution in [2.24, 2.45) is 11.7 Å². The van der Waals surface area contributed by atoms with E-state index in [1.165, 1.54) is 11.1 Å². The Morgan fingerprint density at radius 3 is 2.57 bits per heavy atom. The second-order valence-corrected chi connectivity index (χ2v) is 7.62. The summed E-state index contributed by atoms with van der Waals surface area (Å²) in [5, 5.41) is 0. The van der Waals surface area contributed by atoms with Gasteiger partial charge in [0.15, 0.2) is 0 Å². The Labute approximate surface area is 174 Å². The van der Waals surface area contributed by atoms with Crippen LogP contribution in [0.3, 0.4) is 0 Å². The molecule has 1 fully saturated rings. The van der Waals surface area contributed by atoms with E-state index in [0.717, 1.165) is 37.2 Å². The number of nitrogens with two attached hydrogens (primary N) is 1. The molecule has 1 aliphatic heterocycles. The van der Waals surface area contributed by atoms with E-state index in [9.17, 15) is 4.79 Å². The molecule has 1 atom stereocenters. The standard InChI is InChI=1S/C23H30N2O2.ClH/c1-17-6-3-4-8-21(17)16-27-22-9-5-7-19(14-22)15-23(26)25-12-10-20(11-13-25)18(2)24;/h3-9,14,18,20H,10-13,15-16,24H2,1-2H3;1H. The first kappa shape index (κ1) is 22.3. The van der Waals surface area contributed by atoms with Crippen molar-refractivity contribution in [1.82, 2.24) is 4.90 Å². The maximum atomic E-state index is 12.6. The summed E-state index contributed by atoms with van der Waals surface area (Å²) in [5.41, 5.74) is 9.39. The summed E-state index contributed by atoms with van der Waals surface area (Å²) in [4.78, 5) is 14.6. The number of halogens is 1. The molecule has 1 unspecified atom stereocenters. The SMILES string of the molecule is Cc1ccccc1COc1cccc(CC(=O)N2CCC(C(C)N)CC2)c1.Cl. The van der Waals surface area contributed by atoms with Gasteiger partial charge in [-0.3, -0.25) is 4.79 Å². The number of benzene rings is 2. The molecule has 0 spiro atoms. The number of piperidine rings is 1. The van der Waals surface area contributed by atoms with Gasteiger partial charge < -0.3 is 15.4 Å². The van der Waals surface area contributed by atoms with Crippen molar-refractivity contribution in [3.63, 3.8) is 0 Å². The van der Waals surface area contributed by atoms with Gasteiger partial charge in [-0.25, -0.2) is 0 Å². The predicted molar refractivity (Wildman–Crippen MR) is 116 cm³/mol. The van der Waals surface area contributed by atoms with E-state index in [2.05, 4.69) is 26.0 Å². The highest BCUT2D eigenvalue weighted by Crippen LogP contribution is 2.21. The minimum absolute atomic E-state index is 0. The van der Waals surface area contributed by atoms with Crippen LogP contribution >= 0.6 is 12.4 Å². The van der Waals surface area contributed by atoms with Crippen LogP contribution in [0.2, 0.25) is 0 Å². The summed E-state index contributed by atoms with van der Waals surface area (Å²) < 4.78 is 5.94. The number of ether oxygens (including phenoxy) is 1. The molecule has 0 bridgehead atoms. The molecule has 4 nitrogen and oxygen atoms in total. The van der Waals surface area contributed by atoms with Gasteiger partial charge in [0.25, 0.3) is 0 Å². The lowest BCUT2D eigenvalue weighted by molar-refractivity contribution is -0.131. The first-order chi connectivity index (χ1) is 13.0. The number of hydrogen-bond donors (Lipinski definition) is 1. The number of amides is 1. The second-order valence-electron chi connectivity index (χ2n) is 7.62. The molecule has 2 aromatic carbocycles. The van der Waals surface area contributed by atoms with E-state index in [-0.39, 0.29) is 24.4 Å². The molecule has 152 valence electrons. The van der Waals surface area contributed by atoms with Crippen molar-refractivity contribution in [3.8, 4) is 5.75 Å². The molecule has 0 radical (unpaired) electrons. The second kappa shape index (κ2) is 10.5. The Hall–Kier alpha value is -2.04. The molecule has 2 N–H and O–H groups in total. The lowest BCUT2D eigenvalue weighted by atomic mass is 9.91. The smallest absolute Gasteiger partial charge is 0.226 e. The summed E-state index contributed by atoms with van der Waals surface area (Å²) >= 11 is 0. The molecular formula is C23H31ClN2O2. The highest BCUT2D eigenvalue weighted by atomic mass is 35.5. The molecule has 3 rings (SSSR count). The van der Waals surface area contributed by atoms with Crippen molar-refractivity contribution in [1.29, 1.82) is 0 Å². The van der Waals surface area contributed by atoms with Crippen LogP contribution in [-0.4, -0.2) is 29.9 Å². The van der Waals surface area contributed by atoms with E-state index >= 15 is 0 Å². The van der Waals surface area contributed by atoms with Crippen LogP contribution in [0.25, 0.3) is 0 Å². The fourth-order valence-electron chi connectivity index (χ4n) is 3.64. The van der Waals surface area contributed by atoms with Crippen molar-refractivity contribution in [3.05, 3.63) is 65.2 Å². The van der Waals surface area contributed by atoms with Crippen LogP contribution in [0.15, 0.2) is 48.5 Å². The van der Waals surface area contributed by atoms with Crippen LogP contribution in [0.1, 0.15) is 36.5 Å². The molecule has 1 heterocycles. The van der Waals surface area contributed by atoms with Gasteiger partial charge in [0.1, 0.15) is 12.4 Å². The zero-order chi connectivity index (χ0) is 19.2. The Kier molecular flexibility index (Phi) is 8.34. The zero-order valence-corrected chi connectivity index (χ0v) is 17.6. The number of hydrogen-bond acceptors (Lipinski definition) is 3. The van der Waals surface area contributed by atoms with Crippen LogP contribution < -0.4 is 10.5 Å². The normalized spacial score (nSPS) is 15.6. The van der Waals surface area contributed by atoms with Gasteiger partial charge in [0.05, 0.1) is 6.42 Å². The molecule has 0 aliphatic carbocycles. The molecule has 0 aromatic heterocycles. The molecule has 5 heteroatoms. The maximum absolute atomic E-state index is 12.6. The van der Waals surface area contributed by atoms with Crippen LogP contribution in [0, 0.1) is 12.8 Å². The van der Waals surface area contributed by atoms with E-state index in [4.69, 9.17) is 10.5 Å². The molecule has 1 saturated heterocycles. The fourth-order valence-corrected chi connectivity index (χ4v) is 3.64. The quantitative estimate of drug-likeness (QED) is 0.790. The Morgan fingerprint density at radius 1 is 1.18 bits per heavy atom. The minimum atomic E-state index is 0. The third-order valence-electron chi connectivity index (χ3n) is 5.55. The van der Waals surface area contributed by atoms with E-state index < -0.39 is 0 Å². The molecule has 1 aliphatic rings. The van der Waals surface area contributed by atoms with Crippen LogP contribution in [0.5, 0.6) is 5.75 Å². The van der Waals surface area contributed by atoms with Crippen molar-refractivity contribution >= 4 is 18.3 Å². The number of carbonyl (C=O) groups is 1. The van der Waals surface area contributed by atoms with E-state index in [0.29, 0.717) is 18.9 Å². The van der Waals surface area contributed by atoms with Gasteiger partial charge in [-0.2, -0.15) is 0 Å². The average molecular weight is 403 g/mol. The summed E-state index contributed by atoms with van der Waals surface area (Å²) in [5.74, 6) is 1.53. The molecule has 1 amide bonds. The topological polar surface area (TPSA) is 55.6 Å². The first-order valence-electron chi connectivity index (χ1n) is 9.82. The number of nitrogens with zero attached hydrogens (tertiary/aromatic N) is 1. The van der Waals surface area contributed by atoms with E-state index in [1.54, 1.807) is 0 Å². The molecule has 2 aromatic rings. The lowest BCUT2D eigenvalue weighted by Crippen LogP contribution is -2.43. The lowest BCUT2D eigenvalue weighted by Gasteiger charge is -2.33. The third-order valence-corrected chi connectivity index (χ3v) is 5.55. The largest absolute Gasteiger partial charge is 0.489 e. The summed E-state index contributed by atoms with van der Waals surface area (Å²) in [6, 6.07) is 16.3. The number of carbonyl (C=O) groups excluding carboxylic acids is 1. The van der Waals surface area contributed by atoms with Gasteiger partial charge in [0, 0.05) is 19.1 Å². The van der Waals surface area contributed by atoms with Crippen LogP contribution in [0.4, 0.5) is 0 Å². The van der Waals surface area contributed by atoms with Gasteiger partial charge in [-0.15, -0.1) is 12.4 Å². The predicted octanol–water partition coefficient (Wildman–Crippen LogP) is 4.12. The van der Waals surface area contributed by atoms with Gasteiger partial charge >= 0.3 is 0 Å². The Bertz CT molecular complexity index is 771. The number of rotatable bonds is 6. The maximum Gasteiger partial charge on any atom is 0.226 e. The summed E-state index contributed by atoms with van der Waals surface area (Å²) in [7, 11) is 0. The van der Waals surface area contributed by atoms with Gasteiger partial charge in [-0.05, 0) is 61.4 Å². The minimum Gasteiger partial charge on any atom is -0.489 e. The highest BCUT2D eigenvalue weighted by Gasteiger charge is 2.24. The van der Waals surface area contributed by atoms with E-state index in [1.807, 2.05) is 41.3 Å². The average Bonchev–Trinajstić information content (AvgIpc) is 2.68. The monoisotopic (exact) mass is 402 g/mol. The number of likely N-dealkylation sites (tertiary alicyclic amines) is 1. The number of aryl methyl sites for hydroxylation is 1. The Balaban J connectivity index is 0.00000280. The van der Waals surface area contributed by atoms with Crippen molar-refractivity contribution in [2.75, 3.05) is 13.1 Å². The zero-order valence-electron chi connectivity index (χ0n) is 16.8. The summed E-state index contributed by atoms with van der Waals surface area (Å²) in [6.07, 6.45) is 2.43. The fraction of sp³-hybridized carbons (Fsp3) is 0.435. The first-order valence-corrected chi connectivity index (χ1v) is 9.82. The molecular weight excluding hydrogens is 372 g/mol. The van der Waals surface area contributed by atoms with Crippen molar-refractivity contribution < 1.29 is 9.53 Å². The van der Waals surface area contributed by atoms with Gasteiger partial charge in [0.2, 0.25) is 5.91 Å². The molecule has 0 saturated carbocycles. The third kappa shape index (κ3) is 5.98. The van der Waals surface area contributed by atoms with Gasteiger partial charge in [-0.1, -0.05) is 36.4 Å².